The molecule has 0 saturated carbocycles. The van der Waals surface area contributed by atoms with Gasteiger partial charge in [0.2, 0.25) is 5.95 Å². The highest BCUT2D eigenvalue weighted by atomic mass is 35.5. The predicted molar refractivity (Wildman–Crippen MR) is 110 cm³/mol. The average molecular weight is 404 g/mol. The summed E-state index contributed by atoms with van der Waals surface area (Å²) in [6, 6.07) is 12.9. The number of halogens is 2. The SMILES string of the molecule is COCC(C)Nc1cc(-c2ccnc(Nc3cccc(Cl)c3)n2)cc(Cl)n1. The Labute approximate surface area is 167 Å². The van der Waals surface area contributed by atoms with Gasteiger partial charge in [0.25, 0.3) is 0 Å². The highest BCUT2D eigenvalue weighted by Gasteiger charge is 2.09. The first-order valence-corrected chi connectivity index (χ1v) is 9.08. The standard InChI is InChI=1S/C19H19Cl2N5O/c1-12(11-27-2)23-18-9-13(8-17(21)26-18)16-6-7-22-19(25-16)24-15-5-3-4-14(20)10-15/h3-10,12H,11H2,1-2H3,(H,23,26)(H,22,24,25). The number of hydrogen-bond acceptors (Lipinski definition) is 6. The lowest BCUT2D eigenvalue weighted by atomic mass is 10.2. The molecule has 2 heterocycles. The zero-order valence-electron chi connectivity index (χ0n) is 14.9. The molecule has 0 aliphatic carbocycles. The lowest BCUT2D eigenvalue weighted by molar-refractivity contribution is 0.190. The van der Waals surface area contributed by atoms with Gasteiger partial charge in [-0.2, -0.15) is 0 Å². The zero-order valence-corrected chi connectivity index (χ0v) is 16.4. The predicted octanol–water partition coefficient (Wildman–Crippen LogP) is 5.04. The molecule has 27 heavy (non-hydrogen) atoms. The quantitative estimate of drug-likeness (QED) is 0.538. The van der Waals surface area contributed by atoms with Crippen molar-refractivity contribution < 1.29 is 4.74 Å². The molecule has 1 aromatic carbocycles. The normalized spacial score (nSPS) is 11.9. The Bertz CT molecular complexity index is 922. The molecule has 3 rings (SSSR count). The molecule has 6 nitrogen and oxygen atoms in total. The maximum atomic E-state index is 6.19. The minimum Gasteiger partial charge on any atom is -0.383 e. The van der Waals surface area contributed by atoms with Crippen LogP contribution in [0.4, 0.5) is 17.5 Å². The minimum absolute atomic E-state index is 0.0965. The van der Waals surface area contributed by atoms with Gasteiger partial charge in [0.05, 0.1) is 12.3 Å². The third-order valence-electron chi connectivity index (χ3n) is 3.64. The molecule has 1 atom stereocenters. The maximum Gasteiger partial charge on any atom is 0.227 e. The van der Waals surface area contributed by atoms with Crippen molar-refractivity contribution >= 4 is 40.7 Å². The Morgan fingerprint density at radius 1 is 1.11 bits per heavy atom. The molecule has 2 N–H and O–H groups in total. The van der Waals surface area contributed by atoms with E-state index in [0.717, 1.165) is 16.9 Å². The van der Waals surface area contributed by atoms with Crippen LogP contribution in [0.1, 0.15) is 6.92 Å². The monoisotopic (exact) mass is 403 g/mol. The Morgan fingerprint density at radius 2 is 1.96 bits per heavy atom. The van der Waals surface area contributed by atoms with Crippen LogP contribution in [0, 0.1) is 0 Å². The van der Waals surface area contributed by atoms with Crippen LogP contribution >= 0.6 is 23.2 Å². The van der Waals surface area contributed by atoms with Gasteiger partial charge in [-0.25, -0.2) is 15.0 Å². The Morgan fingerprint density at radius 3 is 2.74 bits per heavy atom. The van der Waals surface area contributed by atoms with Crippen LogP contribution in [0.3, 0.4) is 0 Å². The third kappa shape index (κ3) is 5.53. The van der Waals surface area contributed by atoms with E-state index in [0.29, 0.717) is 28.5 Å². The summed E-state index contributed by atoms with van der Waals surface area (Å²) in [4.78, 5) is 13.1. The second-order valence-electron chi connectivity index (χ2n) is 5.97. The van der Waals surface area contributed by atoms with Crippen molar-refractivity contribution in [3.63, 3.8) is 0 Å². The summed E-state index contributed by atoms with van der Waals surface area (Å²) in [5.74, 6) is 1.12. The Hall–Kier alpha value is -2.41. The number of aromatic nitrogens is 3. The number of nitrogens with zero attached hydrogens (tertiary/aromatic N) is 3. The van der Waals surface area contributed by atoms with Crippen LogP contribution < -0.4 is 10.6 Å². The van der Waals surface area contributed by atoms with Crippen molar-refractivity contribution in [2.45, 2.75) is 13.0 Å². The van der Waals surface area contributed by atoms with E-state index in [1.54, 1.807) is 25.4 Å². The summed E-state index contributed by atoms with van der Waals surface area (Å²) >= 11 is 12.2. The minimum atomic E-state index is 0.0965. The van der Waals surface area contributed by atoms with Gasteiger partial charge < -0.3 is 15.4 Å². The zero-order chi connectivity index (χ0) is 19.2. The second-order valence-corrected chi connectivity index (χ2v) is 6.79. The van der Waals surface area contributed by atoms with Crippen LogP contribution in [0.2, 0.25) is 10.2 Å². The third-order valence-corrected chi connectivity index (χ3v) is 4.07. The summed E-state index contributed by atoms with van der Waals surface area (Å²) in [6.45, 7) is 2.56. The summed E-state index contributed by atoms with van der Waals surface area (Å²) in [7, 11) is 1.66. The van der Waals surface area contributed by atoms with Gasteiger partial charge in [-0.05, 0) is 43.3 Å². The lowest BCUT2D eigenvalue weighted by Crippen LogP contribution is -2.21. The average Bonchev–Trinajstić information content (AvgIpc) is 2.61. The van der Waals surface area contributed by atoms with Gasteiger partial charge in [-0.15, -0.1) is 0 Å². The number of rotatable bonds is 7. The molecule has 2 aromatic heterocycles. The number of benzene rings is 1. The van der Waals surface area contributed by atoms with Crippen LogP contribution in [-0.2, 0) is 4.74 Å². The number of anilines is 3. The summed E-state index contributed by atoms with van der Waals surface area (Å²) < 4.78 is 5.14. The van der Waals surface area contributed by atoms with Gasteiger partial charge >= 0.3 is 0 Å². The fourth-order valence-corrected chi connectivity index (χ4v) is 2.94. The van der Waals surface area contributed by atoms with Crippen molar-refractivity contribution in [3.8, 4) is 11.3 Å². The molecule has 0 radical (unpaired) electrons. The summed E-state index contributed by atoms with van der Waals surface area (Å²) in [5.41, 5.74) is 2.36. The van der Waals surface area contributed by atoms with Gasteiger partial charge in [0.1, 0.15) is 11.0 Å². The number of methoxy groups -OCH3 is 1. The fourth-order valence-electron chi connectivity index (χ4n) is 2.54. The molecule has 140 valence electrons. The van der Waals surface area contributed by atoms with Crippen molar-refractivity contribution in [2.75, 3.05) is 24.4 Å². The van der Waals surface area contributed by atoms with Crippen molar-refractivity contribution in [1.29, 1.82) is 0 Å². The van der Waals surface area contributed by atoms with Crippen LogP contribution in [0.25, 0.3) is 11.3 Å². The Kier molecular flexibility index (Phi) is 6.45. The van der Waals surface area contributed by atoms with Crippen molar-refractivity contribution in [3.05, 3.63) is 58.8 Å². The molecule has 0 spiro atoms. The van der Waals surface area contributed by atoms with Gasteiger partial charge in [0.15, 0.2) is 0 Å². The maximum absolute atomic E-state index is 6.19. The summed E-state index contributed by atoms with van der Waals surface area (Å²) in [6.07, 6.45) is 1.68. The van der Waals surface area contributed by atoms with E-state index < -0.39 is 0 Å². The van der Waals surface area contributed by atoms with E-state index in [4.69, 9.17) is 27.9 Å². The molecular formula is C19H19Cl2N5O. The molecular weight excluding hydrogens is 385 g/mol. The topological polar surface area (TPSA) is 72.0 Å². The molecule has 0 bridgehead atoms. The highest BCUT2D eigenvalue weighted by molar-refractivity contribution is 6.30. The molecule has 0 amide bonds. The van der Waals surface area contributed by atoms with E-state index in [1.165, 1.54) is 0 Å². The number of nitrogens with one attached hydrogen (secondary N) is 2. The van der Waals surface area contributed by atoms with E-state index in [9.17, 15) is 0 Å². The number of hydrogen-bond donors (Lipinski definition) is 2. The molecule has 0 aliphatic heterocycles. The molecule has 8 heteroatoms. The molecule has 1 unspecified atom stereocenters. The first-order chi connectivity index (χ1) is 13.0. The van der Waals surface area contributed by atoms with Crippen LogP contribution in [0.15, 0.2) is 48.7 Å². The molecule has 3 aromatic rings. The van der Waals surface area contributed by atoms with E-state index in [-0.39, 0.29) is 6.04 Å². The number of pyridine rings is 1. The van der Waals surface area contributed by atoms with Crippen LogP contribution in [-0.4, -0.2) is 34.7 Å². The van der Waals surface area contributed by atoms with Gasteiger partial charge in [0, 0.05) is 35.6 Å². The van der Waals surface area contributed by atoms with Gasteiger partial charge in [-0.1, -0.05) is 29.3 Å². The molecule has 0 aliphatic rings. The molecule has 0 saturated heterocycles. The van der Waals surface area contributed by atoms with Crippen molar-refractivity contribution in [1.82, 2.24) is 15.0 Å². The highest BCUT2D eigenvalue weighted by Crippen LogP contribution is 2.25. The molecule has 0 fully saturated rings. The largest absolute Gasteiger partial charge is 0.383 e. The smallest absolute Gasteiger partial charge is 0.227 e. The van der Waals surface area contributed by atoms with Gasteiger partial charge in [-0.3, -0.25) is 0 Å². The van der Waals surface area contributed by atoms with E-state index in [2.05, 4.69) is 25.6 Å². The fraction of sp³-hybridized carbons (Fsp3) is 0.211. The van der Waals surface area contributed by atoms with E-state index in [1.807, 2.05) is 37.3 Å². The van der Waals surface area contributed by atoms with Crippen LogP contribution in [0.5, 0.6) is 0 Å². The Balaban J connectivity index is 1.84. The first kappa shape index (κ1) is 19.4. The lowest BCUT2D eigenvalue weighted by Gasteiger charge is -2.14. The second kappa shape index (κ2) is 8.99. The van der Waals surface area contributed by atoms with Crippen molar-refractivity contribution in [2.24, 2.45) is 0 Å². The summed E-state index contributed by atoms with van der Waals surface area (Å²) in [5, 5.41) is 7.42. The first-order valence-electron chi connectivity index (χ1n) is 8.32. The number of ether oxygens (including phenoxy) is 1. The van der Waals surface area contributed by atoms with E-state index >= 15 is 0 Å².